The van der Waals surface area contributed by atoms with Crippen molar-refractivity contribution in [3.8, 4) is 0 Å². The molecule has 1 aromatic rings. The van der Waals surface area contributed by atoms with Crippen LogP contribution in [0.15, 0.2) is 0 Å². The molecule has 0 saturated carbocycles. The quantitative estimate of drug-likeness (QED) is 0.880. The summed E-state index contributed by atoms with van der Waals surface area (Å²) in [6.07, 6.45) is 0.628. The lowest BCUT2D eigenvalue weighted by molar-refractivity contribution is 0.597. The zero-order valence-electron chi connectivity index (χ0n) is 12.3. The van der Waals surface area contributed by atoms with Gasteiger partial charge in [-0.25, -0.2) is 18.4 Å². The van der Waals surface area contributed by atoms with E-state index in [1.807, 2.05) is 25.7 Å². The Morgan fingerprint density at radius 3 is 2.55 bits per heavy atom. The molecule has 7 heteroatoms. The van der Waals surface area contributed by atoms with Crippen molar-refractivity contribution < 1.29 is 8.42 Å². The van der Waals surface area contributed by atoms with Crippen LogP contribution in [0.4, 0.5) is 11.6 Å². The Balaban J connectivity index is 2.36. The van der Waals surface area contributed by atoms with E-state index in [0.717, 1.165) is 11.4 Å². The molecule has 1 saturated heterocycles. The molecule has 0 bridgehead atoms. The van der Waals surface area contributed by atoms with Gasteiger partial charge in [-0.2, -0.15) is 0 Å². The Kier molecular flexibility index (Phi) is 4.17. The first-order chi connectivity index (χ1) is 9.30. The van der Waals surface area contributed by atoms with Gasteiger partial charge >= 0.3 is 0 Å². The Hall–Kier alpha value is -1.37. The van der Waals surface area contributed by atoms with E-state index in [0.29, 0.717) is 31.2 Å². The monoisotopic (exact) mass is 298 g/mol. The lowest BCUT2D eigenvalue weighted by Crippen LogP contribution is -2.29. The van der Waals surface area contributed by atoms with Crippen LogP contribution in [0.25, 0.3) is 0 Å². The molecule has 2 heterocycles. The summed E-state index contributed by atoms with van der Waals surface area (Å²) in [5.74, 6) is 2.57. The first-order valence-corrected chi connectivity index (χ1v) is 8.71. The number of nitrogens with zero attached hydrogens (tertiary/aromatic N) is 3. The predicted molar refractivity (Wildman–Crippen MR) is 80.8 cm³/mol. The van der Waals surface area contributed by atoms with Gasteiger partial charge in [0.1, 0.15) is 17.5 Å². The molecule has 0 radical (unpaired) electrons. The average molecular weight is 298 g/mol. The fourth-order valence-corrected chi connectivity index (χ4v) is 3.53. The third-order valence-corrected chi connectivity index (χ3v) is 5.26. The van der Waals surface area contributed by atoms with Gasteiger partial charge in [0, 0.05) is 24.6 Å². The number of hydrogen-bond donors (Lipinski definition) is 1. The lowest BCUT2D eigenvalue weighted by atomic mass is 10.2. The molecular formula is C13H22N4O2S. The minimum absolute atomic E-state index is 0.174. The number of rotatable bonds is 2. The van der Waals surface area contributed by atoms with Crippen molar-refractivity contribution in [1.82, 2.24) is 9.97 Å². The standard InChI is InChI=1S/C13H22N4O2S/c1-9(2)12-15-11(14)10(3)13(16-12)17-5-4-7-20(18,19)8-6-17/h9H,4-8H2,1-3H3,(H2,14,15,16). The van der Waals surface area contributed by atoms with Crippen LogP contribution in [0.5, 0.6) is 0 Å². The molecule has 1 aliphatic rings. The third kappa shape index (κ3) is 3.20. The maximum atomic E-state index is 11.7. The van der Waals surface area contributed by atoms with Gasteiger partial charge in [0.25, 0.3) is 0 Å². The van der Waals surface area contributed by atoms with E-state index in [1.165, 1.54) is 0 Å². The Labute approximate surface area is 120 Å². The van der Waals surface area contributed by atoms with Crippen LogP contribution in [-0.2, 0) is 9.84 Å². The Morgan fingerprint density at radius 1 is 1.20 bits per heavy atom. The molecule has 0 aromatic carbocycles. The van der Waals surface area contributed by atoms with Gasteiger partial charge in [-0.05, 0) is 13.3 Å². The molecule has 0 unspecified atom stereocenters. The highest BCUT2D eigenvalue weighted by molar-refractivity contribution is 7.91. The van der Waals surface area contributed by atoms with Gasteiger partial charge in [-0.15, -0.1) is 0 Å². The second-order valence-electron chi connectivity index (χ2n) is 5.56. The van der Waals surface area contributed by atoms with Crippen LogP contribution in [0.3, 0.4) is 0 Å². The summed E-state index contributed by atoms with van der Waals surface area (Å²) < 4.78 is 23.4. The van der Waals surface area contributed by atoms with E-state index in [9.17, 15) is 8.42 Å². The normalized spacial score (nSPS) is 19.1. The lowest BCUT2D eigenvalue weighted by Gasteiger charge is -2.24. The van der Waals surface area contributed by atoms with Gasteiger partial charge < -0.3 is 10.6 Å². The molecule has 1 aliphatic heterocycles. The fourth-order valence-electron chi connectivity index (χ4n) is 2.26. The number of nitrogens with two attached hydrogens (primary N) is 1. The Bertz CT molecular complexity index is 599. The smallest absolute Gasteiger partial charge is 0.152 e. The maximum Gasteiger partial charge on any atom is 0.152 e. The zero-order valence-corrected chi connectivity index (χ0v) is 13.1. The van der Waals surface area contributed by atoms with Crippen molar-refractivity contribution in [1.29, 1.82) is 0 Å². The largest absolute Gasteiger partial charge is 0.383 e. The SMILES string of the molecule is Cc1c(N)nc(C(C)C)nc1N1CCCS(=O)(=O)CC1. The van der Waals surface area contributed by atoms with Crippen molar-refractivity contribution in [2.75, 3.05) is 35.2 Å². The minimum Gasteiger partial charge on any atom is -0.383 e. The molecular weight excluding hydrogens is 276 g/mol. The van der Waals surface area contributed by atoms with Crippen molar-refractivity contribution in [3.63, 3.8) is 0 Å². The number of aromatic nitrogens is 2. The van der Waals surface area contributed by atoms with Crippen LogP contribution < -0.4 is 10.6 Å². The van der Waals surface area contributed by atoms with Crippen molar-refractivity contribution in [2.45, 2.75) is 33.1 Å². The van der Waals surface area contributed by atoms with E-state index < -0.39 is 9.84 Å². The molecule has 0 atom stereocenters. The first-order valence-electron chi connectivity index (χ1n) is 6.89. The van der Waals surface area contributed by atoms with Crippen molar-refractivity contribution in [2.24, 2.45) is 0 Å². The van der Waals surface area contributed by atoms with E-state index in [1.54, 1.807) is 0 Å². The van der Waals surface area contributed by atoms with Gasteiger partial charge in [0.15, 0.2) is 9.84 Å². The van der Waals surface area contributed by atoms with Crippen LogP contribution in [0, 0.1) is 6.92 Å². The molecule has 0 amide bonds. The molecule has 0 spiro atoms. The predicted octanol–water partition coefficient (Wildman–Crippen LogP) is 1.12. The Morgan fingerprint density at radius 2 is 1.90 bits per heavy atom. The fraction of sp³-hybridized carbons (Fsp3) is 0.692. The van der Waals surface area contributed by atoms with E-state index >= 15 is 0 Å². The van der Waals surface area contributed by atoms with Crippen LogP contribution in [0.1, 0.15) is 37.6 Å². The second kappa shape index (κ2) is 5.55. The number of anilines is 2. The van der Waals surface area contributed by atoms with Gasteiger partial charge in [0.2, 0.25) is 0 Å². The summed E-state index contributed by atoms with van der Waals surface area (Å²) in [5, 5.41) is 0. The number of nitrogen functional groups attached to an aromatic ring is 1. The summed E-state index contributed by atoms with van der Waals surface area (Å²) in [6.45, 7) is 7.07. The highest BCUT2D eigenvalue weighted by Gasteiger charge is 2.22. The van der Waals surface area contributed by atoms with Crippen LogP contribution in [-0.4, -0.2) is 43.0 Å². The van der Waals surface area contributed by atoms with Crippen molar-refractivity contribution >= 4 is 21.5 Å². The topological polar surface area (TPSA) is 89.2 Å². The highest BCUT2D eigenvalue weighted by atomic mass is 32.2. The number of sulfone groups is 1. The van der Waals surface area contributed by atoms with Gasteiger partial charge in [-0.3, -0.25) is 0 Å². The summed E-state index contributed by atoms with van der Waals surface area (Å²) in [7, 11) is -2.93. The summed E-state index contributed by atoms with van der Waals surface area (Å²) in [5.41, 5.74) is 6.79. The summed E-state index contributed by atoms with van der Waals surface area (Å²) in [6, 6.07) is 0. The molecule has 2 N–H and O–H groups in total. The molecule has 112 valence electrons. The van der Waals surface area contributed by atoms with Gasteiger partial charge in [-0.1, -0.05) is 13.8 Å². The third-order valence-electron chi connectivity index (χ3n) is 3.55. The van der Waals surface area contributed by atoms with E-state index in [2.05, 4.69) is 9.97 Å². The molecule has 1 aromatic heterocycles. The first kappa shape index (κ1) is 15.0. The van der Waals surface area contributed by atoms with Crippen molar-refractivity contribution in [3.05, 3.63) is 11.4 Å². The average Bonchev–Trinajstić information content (AvgIpc) is 2.53. The molecule has 6 nitrogen and oxygen atoms in total. The molecule has 20 heavy (non-hydrogen) atoms. The molecule has 0 aliphatic carbocycles. The number of hydrogen-bond acceptors (Lipinski definition) is 6. The summed E-state index contributed by atoms with van der Waals surface area (Å²) in [4.78, 5) is 10.9. The van der Waals surface area contributed by atoms with Crippen LogP contribution in [0.2, 0.25) is 0 Å². The molecule has 2 rings (SSSR count). The summed E-state index contributed by atoms with van der Waals surface area (Å²) >= 11 is 0. The minimum atomic E-state index is -2.93. The van der Waals surface area contributed by atoms with E-state index in [4.69, 9.17) is 5.73 Å². The highest BCUT2D eigenvalue weighted by Crippen LogP contribution is 2.25. The van der Waals surface area contributed by atoms with Crippen LogP contribution >= 0.6 is 0 Å². The second-order valence-corrected chi connectivity index (χ2v) is 7.87. The molecule has 1 fully saturated rings. The zero-order chi connectivity index (χ0) is 14.9. The maximum absolute atomic E-state index is 11.7. The van der Waals surface area contributed by atoms with E-state index in [-0.39, 0.29) is 17.4 Å². The van der Waals surface area contributed by atoms with Gasteiger partial charge in [0.05, 0.1) is 11.5 Å².